The summed E-state index contributed by atoms with van der Waals surface area (Å²) in [6.07, 6.45) is 0.437. The number of sulfone groups is 1. The Bertz CT molecular complexity index is 2730. The first-order valence-corrected chi connectivity index (χ1v) is 26.8. The van der Waals surface area contributed by atoms with Gasteiger partial charge < -0.3 is 24.6 Å². The van der Waals surface area contributed by atoms with E-state index >= 15 is 0 Å². The summed E-state index contributed by atoms with van der Waals surface area (Å²) in [7, 11) is -6.94. The van der Waals surface area contributed by atoms with E-state index in [0.717, 1.165) is 64.8 Å². The van der Waals surface area contributed by atoms with E-state index in [4.69, 9.17) is 21.1 Å². The van der Waals surface area contributed by atoms with Gasteiger partial charge >= 0.3 is 5.51 Å². The average Bonchev–Trinajstić information content (AvgIpc) is 3.33. The molecule has 0 radical (unpaired) electrons. The van der Waals surface area contributed by atoms with Crippen LogP contribution in [0.25, 0.3) is 11.1 Å². The zero-order chi connectivity index (χ0) is 49.2. The third-order valence-corrected chi connectivity index (χ3v) is 16.1. The van der Waals surface area contributed by atoms with Crippen molar-refractivity contribution in [2.24, 2.45) is 0 Å². The fourth-order valence-corrected chi connectivity index (χ4v) is 11.1. The summed E-state index contributed by atoms with van der Waals surface area (Å²) >= 11 is 7.64. The van der Waals surface area contributed by atoms with Crippen LogP contribution in [0.1, 0.15) is 22.3 Å². The molecule has 0 saturated carbocycles. The van der Waals surface area contributed by atoms with Crippen LogP contribution in [-0.2, 0) is 31.1 Å². The van der Waals surface area contributed by atoms with Crippen LogP contribution in [0.15, 0.2) is 130 Å². The summed E-state index contributed by atoms with van der Waals surface area (Å²) in [5.74, 6) is 0.110. The molecule has 2 aliphatic rings. The summed E-state index contributed by atoms with van der Waals surface area (Å²) in [4.78, 5) is 20.9. The van der Waals surface area contributed by atoms with Gasteiger partial charge in [0.1, 0.15) is 17.3 Å². The lowest BCUT2D eigenvalue weighted by Gasteiger charge is -2.36. The largest absolute Gasteiger partial charge is 0.501 e. The maximum absolute atomic E-state index is 14.2. The molecule has 0 spiro atoms. The van der Waals surface area contributed by atoms with Crippen molar-refractivity contribution in [2.45, 2.75) is 39.2 Å². The predicted octanol–water partition coefficient (Wildman–Crippen LogP) is 7.98. The lowest BCUT2D eigenvalue weighted by Crippen LogP contribution is -2.46. The molecule has 5 aromatic carbocycles. The maximum Gasteiger partial charge on any atom is 0.501 e. The number of alkyl halides is 3. The van der Waals surface area contributed by atoms with Crippen LogP contribution in [0.2, 0.25) is 5.02 Å². The smallest absolute Gasteiger partial charge is 0.492 e. The number of sulfonamides is 1. The van der Waals surface area contributed by atoms with Crippen LogP contribution in [0.5, 0.6) is 5.75 Å². The van der Waals surface area contributed by atoms with Gasteiger partial charge in [-0.2, -0.15) is 13.2 Å². The maximum atomic E-state index is 14.2. The van der Waals surface area contributed by atoms with E-state index in [1.54, 1.807) is 12.1 Å². The van der Waals surface area contributed by atoms with Gasteiger partial charge in [0.15, 0.2) is 0 Å². The van der Waals surface area contributed by atoms with Crippen molar-refractivity contribution in [3.8, 4) is 16.9 Å². The van der Waals surface area contributed by atoms with Gasteiger partial charge in [0.2, 0.25) is 0 Å². The number of hydrogen-bond acceptors (Lipinski definition) is 13. The Balaban J connectivity index is 1.01. The number of anilines is 2. The molecule has 0 aliphatic carbocycles. The van der Waals surface area contributed by atoms with Crippen LogP contribution in [0, 0.1) is 0 Å². The van der Waals surface area contributed by atoms with Gasteiger partial charge in [-0.25, -0.2) is 21.6 Å². The van der Waals surface area contributed by atoms with Crippen molar-refractivity contribution in [1.29, 1.82) is 0 Å². The number of nitrogens with zero attached hydrogens (tertiary/aromatic N) is 4. The van der Waals surface area contributed by atoms with Crippen LogP contribution >= 0.6 is 23.4 Å². The number of amides is 1. The number of nitrogens with one attached hydrogen (secondary N) is 2. The summed E-state index contributed by atoms with van der Waals surface area (Å²) in [5, 5.41) is 3.65. The van der Waals surface area contributed by atoms with Gasteiger partial charge in [-0.1, -0.05) is 48.0 Å². The number of ether oxygens (including phenoxy) is 2. The van der Waals surface area contributed by atoms with Crippen LogP contribution < -0.4 is 19.7 Å². The second-order valence-corrected chi connectivity index (χ2v) is 22.2. The van der Waals surface area contributed by atoms with Gasteiger partial charge in [-0.15, -0.1) is 11.8 Å². The third-order valence-electron chi connectivity index (χ3n) is 11.8. The van der Waals surface area contributed by atoms with Gasteiger partial charge in [0.05, 0.1) is 23.8 Å². The minimum absolute atomic E-state index is 0.0242. The number of benzene rings is 5. The fraction of sp³-hybridized carbons (Fsp3) is 0.367. The van der Waals surface area contributed by atoms with E-state index in [1.165, 1.54) is 23.9 Å². The molecular formula is C49H56ClF3N6O7S3. The Labute approximate surface area is 411 Å². The van der Waals surface area contributed by atoms with Gasteiger partial charge in [-0.05, 0) is 116 Å². The van der Waals surface area contributed by atoms with Crippen molar-refractivity contribution in [1.82, 2.24) is 19.4 Å². The second kappa shape index (κ2) is 23.4. The third kappa shape index (κ3) is 14.2. The van der Waals surface area contributed by atoms with E-state index in [-0.39, 0.29) is 5.56 Å². The predicted molar refractivity (Wildman–Crippen MR) is 266 cm³/mol. The van der Waals surface area contributed by atoms with Crippen LogP contribution in [0.4, 0.5) is 24.5 Å². The monoisotopic (exact) mass is 1030 g/mol. The molecule has 1 atom stereocenters. The number of thioether (sulfide) groups is 1. The molecule has 2 fully saturated rings. The molecule has 13 nitrogen and oxygen atoms in total. The average molecular weight is 1030 g/mol. The second-order valence-electron chi connectivity index (χ2n) is 17.0. The first-order valence-electron chi connectivity index (χ1n) is 22.5. The SMILES string of the molecule is CN(C)CCOc1ccc(-c2ccc(Cl)cc2)c(CN2CCN(c3ccc(C(=O)NS(=O)(=O)c4ccc(N[C@H](CCN5CCOCC5)CSc5ccccc5)c(S(=O)(=O)C(F)(F)F)c4)cc3)CC2)c1. The molecule has 2 saturated heterocycles. The van der Waals surface area contributed by atoms with Crippen LogP contribution in [0.3, 0.4) is 0 Å². The van der Waals surface area contributed by atoms with Crippen LogP contribution in [-0.4, -0.2) is 141 Å². The fourth-order valence-electron chi connectivity index (χ4n) is 7.95. The minimum atomic E-state index is -6.07. The quantitative estimate of drug-likeness (QED) is 0.0730. The lowest BCUT2D eigenvalue weighted by atomic mass is 9.98. The number of piperazine rings is 1. The first-order chi connectivity index (χ1) is 32.9. The molecule has 0 aromatic heterocycles. The van der Waals surface area contributed by atoms with E-state index in [0.29, 0.717) is 82.4 Å². The van der Waals surface area contributed by atoms with E-state index < -0.39 is 52.8 Å². The Morgan fingerprint density at radius 2 is 1.54 bits per heavy atom. The molecule has 370 valence electrons. The summed E-state index contributed by atoms with van der Waals surface area (Å²) in [6.45, 7) is 7.81. The highest BCUT2D eigenvalue weighted by molar-refractivity contribution is 7.99. The number of likely N-dealkylation sites (N-methyl/N-ethyl adjacent to an activating group) is 1. The number of halogens is 4. The van der Waals surface area contributed by atoms with Crippen molar-refractivity contribution in [2.75, 3.05) is 102 Å². The lowest BCUT2D eigenvalue weighted by molar-refractivity contribution is -0.0435. The number of hydrogen-bond donors (Lipinski definition) is 2. The van der Waals surface area contributed by atoms with Gasteiger partial charge in [0, 0.05) is 91.9 Å². The summed E-state index contributed by atoms with van der Waals surface area (Å²) in [6, 6.07) is 31.5. The van der Waals surface area contributed by atoms with Crippen molar-refractivity contribution in [3.63, 3.8) is 0 Å². The van der Waals surface area contributed by atoms with E-state index in [1.807, 2.05) is 79.5 Å². The topological polar surface area (TPSA) is 141 Å². The van der Waals surface area contributed by atoms with Crippen molar-refractivity contribution in [3.05, 3.63) is 131 Å². The number of rotatable bonds is 20. The number of carbonyl (C=O) groups excluding carboxylic acids is 1. The number of morpholine rings is 1. The molecule has 69 heavy (non-hydrogen) atoms. The highest BCUT2D eigenvalue weighted by atomic mass is 35.5. The minimum Gasteiger partial charge on any atom is -0.492 e. The van der Waals surface area contributed by atoms with Gasteiger partial charge in [-0.3, -0.25) is 14.6 Å². The number of carbonyl (C=O) groups is 1. The Kier molecular flexibility index (Phi) is 17.6. The van der Waals surface area contributed by atoms with E-state index in [9.17, 15) is 34.8 Å². The Hall–Kier alpha value is -4.86. The van der Waals surface area contributed by atoms with Gasteiger partial charge in [0.25, 0.3) is 25.8 Å². The van der Waals surface area contributed by atoms with Crippen molar-refractivity contribution >= 4 is 60.5 Å². The summed E-state index contributed by atoms with van der Waals surface area (Å²) < 4.78 is 109. The zero-order valence-electron chi connectivity index (χ0n) is 38.3. The standard InChI is InChI=1S/C49H56ClF3N6O7S3/c1-56(2)26-31-66-42-16-18-45(36-8-12-39(50)13-9-36)38(32-42)34-58-22-24-59(25-23-58)41-14-10-37(11-15-41)48(60)55-69(63,64)44-17-19-46(47(33-44)68(61,62)49(51,52)53)54-40(20-21-57-27-29-65-30-28-57)35-67-43-6-4-3-5-7-43/h3-19,32-33,40,54H,20-31,34-35H2,1-2H3,(H,55,60)/t40-/m1/s1. The molecule has 7 rings (SSSR count). The Morgan fingerprint density at radius 3 is 2.20 bits per heavy atom. The molecule has 20 heteroatoms. The van der Waals surface area contributed by atoms with Crippen molar-refractivity contribution < 1.29 is 44.3 Å². The highest BCUT2D eigenvalue weighted by Crippen LogP contribution is 2.37. The zero-order valence-corrected chi connectivity index (χ0v) is 41.5. The molecule has 5 aromatic rings. The molecule has 2 N–H and O–H groups in total. The normalized spacial score (nSPS) is 15.8. The molecule has 0 unspecified atom stereocenters. The first kappa shape index (κ1) is 52.0. The molecule has 1 amide bonds. The Morgan fingerprint density at radius 1 is 0.841 bits per heavy atom. The molecule has 0 bridgehead atoms. The highest BCUT2D eigenvalue weighted by Gasteiger charge is 2.48. The summed E-state index contributed by atoms with van der Waals surface area (Å²) in [5.41, 5.74) is -2.14. The molecular weight excluding hydrogens is 973 g/mol. The molecule has 2 heterocycles. The van der Waals surface area contributed by atoms with E-state index in [2.05, 4.69) is 37.0 Å². The molecule has 2 aliphatic heterocycles.